The molecule has 0 bridgehead atoms. The van der Waals surface area contributed by atoms with Crippen LogP contribution in [-0.2, 0) is 16.6 Å². The number of benzene rings is 1. The van der Waals surface area contributed by atoms with Crippen LogP contribution in [0, 0.1) is 6.92 Å². The monoisotopic (exact) mass is 308 g/mol. The molecule has 0 unspecified atom stereocenters. The molecule has 2 rings (SSSR count). The molecular weight excluding hydrogens is 288 g/mol. The van der Waals surface area contributed by atoms with E-state index in [0.29, 0.717) is 24.5 Å². The average molecular weight is 308 g/mol. The number of aryl methyl sites for hydroxylation is 1. The van der Waals surface area contributed by atoms with E-state index in [-0.39, 0.29) is 0 Å². The smallest absolute Gasteiger partial charge is 0.240 e. The highest BCUT2D eigenvalue weighted by Crippen LogP contribution is 2.09. The number of nitrogens with zero attached hydrogens (tertiary/aromatic N) is 2. The van der Waals surface area contributed by atoms with E-state index in [1.54, 1.807) is 30.5 Å². The third kappa shape index (κ3) is 4.66. The highest BCUT2D eigenvalue weighted by atomic mass is 32.2. The number of H-pyrrole nitrogens is 1. The van der Waals surface area contributed by atoms with Crippen LogP contribution >= 0.6 is 0 Å². The van der Waals surface area contributed by atoms with Gasteiger partial charge < -0.3 is 0 Å². The summed E-state index contributed by atoms with van der Waals surface area (Å²) < 4.78 is 26.8. The van der Waals surface area contributed by atoms with Crippen molar-refractivity contribution in [1.82, 2.24) is 19.8 Å². The van der Waals surface area contributed by atoms with Crippen LogP contribution in [0.4, 0.5) is 0 Å². The number of aromatic amines is 1. The standard InChI is InChI=1S/C14H20N4O2S/c1-12-3-5-14(6-4-12)21(19,20)16-9-10-18(2)11-13-7-8-15-17-13/h3-8,16H,9-11H2,1-2H3,(H,15,17). The van der Waals surface area contributed by atoms with Crippen LogP contribution in [-0.4, -0.2) is 43.7 Å². The largest absolute Gasteiger partial charge is 0.299 e. The van der Waals surface area contributed by atoms with Gasteiger partial charge in [0.05, 0.1) is 4.90 Å². The van der Waals surface area contributed by atoms with Gasteiger partial charge in [-0.3, -0.25) is 10.00 Å². The van der Waals surface area contributed by atoms with Crippen LogP contribution in [0.15, 0.2) is 41.4 Å². The highest BCUT2D eigenvalue weighted by Gasteiger charge is 2.13. The van der Waals surface area contributed by atoms with Crippen molar-refractivity contribution in [1.29, 1.82) is 0 Å². The van der Waals surface area contributed by atoms with Gasteiger partial charge in [0, 0.05) is 31.5 Å². The third-order valence-electron chi connectivity index (χ3n) is 3.12. The first-order valence-electron chi connectivity index (χ1n) is 6.70. The third-order valence-corrected chi connectivity index (χ3v) is 4.59. The van der Waals surface area contributed by atoms with E-state index in [1.807, 2.05) is 24.9 Å². The summed E-state index contributed by atoms with van der Waals surface area (Å²) in [5.74, 6) is 0. The summed E-state index contributed by atoms with van der Waals surface area (Å²) in [5, 5.41) is 6.75. The van der Waals surface area contributed by atoms with Crippen molar-refractivity contribution in [2.45, 2.75) is 18.4 Å². The summed E-state index contributed by atoms with van der Waals surface area (Å²) in [7, 11) is -1.50. The van der Waals surface area contributed by atoms with Gasteiger partial charge in [0.2, 0.25) is 10.0 Å². The zero-order valence-electron chi connectivity index (χ0n) is 12.2. The molecule has 21 heavy (non-hydrogen) atoms. The van der Waals surface area contributed by atoms with E-state index < -0.39 is 10.0 Å². The molecule has 0 aliphatic carbocycles. The van der Waals surface area contributed by atoms with Crippen LogP contribution in [0.5, 0.6) is 0 Å². The number of likely N-dealkylation sites (N-methyl/N-ethyl adjacent to an activating group) is 1. The fraction of sp³-hybridized carbons (Fsp3) is 0.357. The number of sulfonamides is 1. The molecule has 0 fully saturated rings. The molecule has 114 valence electrons. The van der Waals surface area contributed by atoms with Crippen molar-refractivity contribution in [3.8, 4) is 0 Å². The van der Waals surface area contributed by atoms with Gasteiger partial charge in [0.1, 0.15) is 0 Å². The maximum Gasteiger partial charge on any atom is 0.240 e. The molecule has 6 nitrogen and oxygen atoms in total. The lowest BCUT2D eigenvalue weighted by Gasteiger charge is -2.16. The number of hydrogen-bond donors (Lipinski definition) is 2. The van der Waals surface area contributed by atoms with Crippen molar-refractivity contribution in [3.63, 3.8) is 0 Å². The van der Waals surface area contributed by atoms with Crippen LogP contribution in [0.25, 0.3) is 0 Å². The Morgan fingerprint density at radius 2 is 1.95 bits per heavy atom. The molecule has 1 aromatic heterocycles. The van der Waals surface area contributed by atoms with Gasteiger partial charge in [-0.05, 0) is 32.2 Å². The fourth-order valence-corrected chi connectivity index (χ4v) is 2.94. The first-order valence-corrected chi connectivity index (χ1v) is 8.19. The Balaban J connectivity index is 1.83. The average Bonchev–Trinajstić information content (AvgIpc) is 2.91. The van der Waals surface area contributed by atoms with Gasteiger partial charge in [-0.25, -0.2) is 13.1 Å². The lowest BCUT2D eigenvalue weighted by molar-refractivity contribution is 0.327. The topological polar surface area (TPSA) is 78.1 Å². The Bertz CT molecular complexity index is 651. The lowest BCUT2D eigenvalue weighted by Crippen LogP contribution is -2.32. The van der Waals surface area contributed by atoms with Gasteiger partial charge in [-0.1, -0.05) is 17.7 Å². The second kappa shape index (κ2) is 6.84. The van der Waals surface area contributed by atoms with Gasteiger partial charge in [0.25, 0.3) is 0 Å². The van der Waals surface area contributed by atoms with Crippen molar-refractivity contribution in [3.05, 3.63) is 47.8 Å². The van der Waals surface area contributed by atoms with E-state index >= 15 is 0 Å². The molecule has 0 spiro atoms. The molecule has 1 aromatic carbocycles. The van der Waals surface area contributed by atoms with Crippen LogP contribution < -0.4 is 4.72 Å². The van der Waals surface area contributed by atoms with Gasteiger partial charge in [-0.15, -0.1) is 0 Å². The minimum atomic E-state index is -3.43. The molecule has 0 radical (unpaired) electrons. The van der Waals surface area contributed by atoms with E-state index in [0.717, 1.165) is 11.3 Å². The Labute approximate surface area is 125 Å². The summed E-state index contributed by atoms with van der Waals surface area (Å²) in [6.07, 6.45) is 1.70. The van der Waals surface area contributed by atoms with E-state index in [9.17, 15) is 8.42 Å². The van der Waals surface area contributed by atoms with Gasteiger partial charge in [-0.2, -0.15) is 5.10 Å². The van der Waals surface area contributed by atoms with Gasteiger partial charge in [0.15, 0.2) is 0 Å². The minimum Gasteiger partial charge on any atom is -0.299 e. The second-order valence-corrected chi connectivity index (χ2v) is 6.80. The molecule has 0 saturated carbocycles. The predicted octanol–water partition coefficient (Wildman–Crippen LogP) is 1.13. The van der Waals surface area contributed by atoms with E-state index in [4.69, 9.17) is 0 Å². The minimum absolute atomic E-state index is 0.296. The first kappa shape index (κ1) is 15.7. The maximum atomic E-state index is 12.1. The lowest BCUT2D eigenvalue weighted by atomic mass is 10.2. The Morgan fingerprint density at radius 3 is 2.57 bits per heavy atom. The number of aromatic nitrogens is 2. The number of hydrogen-bond acceptors (Lipinski definition) is 4. The van der Waals surface area contributed by atoms with Crippen molar-refractivity contribution in [2.24, 2.45) is 0 Å². The molecule has 1 heterocycles. The maximum absolute atomic E-state index is 12.1. The van der Waals surface area contributed by atoms with Crippen molar-refractivity contribution < 1.29 is 8.42 Å². The Hall–Kier alpha value is -1.70. The molecule has 0 aliphatic rings. The SMILES string of the molecule is Cc1ccc(S(=O)(=O)NCCN(C)Cc2ccn[nH]2)cc1. The predicted molar refractivity (Wildman–Crippen MR) is 81.3 cm³/mol. The molecule has 7 heteroatoms. The van der Waals surface area contributed by atoms with Crippen LogP contribution in [0.1, 0.15) is 11.3 Å². The first-order chi connectivity index (χ1) is 9.97. The normalized spacial score (nSPS) is 12.0. The van der Waals surface area contributed by atoms with Crippen LogP contribution in [0.3, 0.4) is 0 Å². The summed E-state index contributed by atoms with van der Waals surface area (Å²) in [5.41, 5.74) is 2.03. The second-order valence-electron chi connectivity index (χ2n) is 5.03. The molecule has 0 amide bonds. The van der Waals surface area contributed by atoms with Crippen molar-refractivity contribution in [2.75, 3.05) is 20.1 Å². The molecule has 0 atom stereocenters. The highest BCUT2D eigenvalue weighted by molar-refractivity contribution is 7.89. The zero-order chi connectivity index (χ0) is 15.3. The number of nitrogens with one attached hydrogen (secondary N) is 2. The summed E-state index contributed by atoms with van der Waals surface area (Å²) in [6, 6.07) is 8.71. The van der Waals surface area contributed by atoms with Crippen molar-refractivity contribution >= 4 is 10.0 Å². The van der Waals surface area contributed by atoms with E-state index in [1.165, 1.54) is 0 Å². The Kier molecular flexibility index (Phi) is 5.11. The molecule has 0 saturated heterocycles. The number of rotatable bonds is 7. The Morgan fingerprint density at radius 1 is 1.24 bits per heavy atom. The molecule has 0 aliphatic heterocycles. The molecule has 2 aromatic rings. The molecular formula is C14H20N4O2S. The quantitative estimate of drug-likeness (QED) is 0.804. The van der Waals surface area contributed by atoms with Gasteiger partial charge >= 0.3 is 0 Å². The van der Waals surface area contributed by atoms with Crippen LogP contribution in [0.2, 0.25) is 0 Å². The summed E-state index contributed by atoms with van der Waals surface area (Å²) in [6.45, 7) is 3.60. The fourth-order valence-electron chi connectivity index (χ4n) is 1.91. The molecule has 2 N–H and O–H groups in total. The summed E-state index contributed by atoms with van der Waals surface area (Å²) in [4.78, 5) is 2.31. The van der Waals surface area contributed by atoms with E-state index in [2.05, 4.69) is 14.9 Å². The zero-order valence-corrected chi connectivity index (χ0v) is 13.0. The summed E-state index contributed by atoms with van der Waals surface area (Å²) >= 11 is 0.